The second-order valence-electron chi connectivity index (χ2n) is 7.52. The van der Waals surface area contributed by atoms with Crippen LogP contribution in [-0.2, 0) is 0 Å². The van der Waals surface area contributed by atoms with Crippen LogP contribution in [0, 0.1) is 0 Å². The van der Waals surface area contributed by atoms with Crippen LogP contribution in [0.1, 0.15) is 31.8 Å². The summed E-state index contributed by atoms with van der Waals surface area (Å²) in [7, 11) is 0. The van der Waals surface area contributed by atoms with E-state index in [4.69, 9.17) is 0 Å². The topological polar surface area (TPSA) is 149 Å². The van der Waals surface area contributed by atoms with E-state index in [0.29, 0.717) is 31.2 Å². The standard InChI is InChI=1S/2C13H9Br2N3O2/c2*14-10-5-9(12(19)11(15)6-10)7-17-18-13(20)8-1-3-16-4-2-8/h2*1-7,19H,(H,18,20)/b2*17-7+. The predicted octanol–water partition coefficient (Wildman–Crippen LogP) is 6.15. The summed E-state index contributed by atoms with van der Waals surface area (Å²) in [5.74, 6) is -0.598. The molecule has 2 heterocycles. The van der Waals surface area contributed by atoms with Gasteiger partial charge < -0.3 is 10.2 Å². The van der Waals surface area contributed by atoms with Gasteiger partial charge in [0.25, 0.3) is 11.8 Å². The molecule has 2 aromatic heterocycles. The molecule has 0 bridgehead atoms. The molecule has 0 radical (unpaired) electrons. The highest BCUT2D eigenvalue weighted by Crippen LogP contribution is 2.31. The number of phenols is 2. The Bertz CT molecular complexity index is 1440. The quantitative estimate of drug-likeness (QED) is 0.136. The van der Waals surface area contributed by atoms with Gasteiger partial charge in [0, 0.05) is 56.0 Å². The lowest BCUT2D eigenvalue weighted by Crippen LogP contribution is -2.17. The van der Waals surface area contributed by atoms with E-state index in [1.807, 2.05) is 0 Å². The van der Waals surface area contributed by atoms with Crippen molar-refractivity contribution in [3.05, 3.63) is 113 Å². The SMILES string of the molecule is O=C(N/N=C/c1cc(Br)cc(Br)c1O)c1ccncc1.O=C(N/N=C/c1cc(Br)cc(Br)c1O)c1ccncc1. The van der Waals surface area contributed by atoms with Crippen LogP contribution >= 0.6 is 63.7 Å². The molecule has 0 aliphatic carbocycles. The zero-order valence-corrected chi connectivity index (χ0v) is 26.4. The molecule has 0 saturated carbocycles. The van der Waals surface area contributed by atoms with Gasteiger partial charge in [0.05, 0.1) is 21.4 Å². The molecule has 40 heavy (non-hydrogen) atoms. The number of aromatic nitrogens is 2. The van der Waals surface area contributed by atoms with Gasteiger partial charge in [-0.05, 0) is 80.4 Å². The van der Waals surface area contributed by atoms with E-state index in [2.05, 4.69) is 94.7 Å². The molecule has 10 nitrogen and oxygen atoms in total. The molecule has 14 heteroatoms. The zero-order valence-electron chi connectivity index (χ0n) is 20.1. The maximum absolute atomic E-state index is 11.7. The summed E-state index contributed by atoms with van der Waals surface area (Å²) in [6, 6.07) is 13.1. The summed E-state index contributed by atoms with van der Waals surface area (Å²) in [6.07, 6.45) is 8.82. The number of benzene rings is 2. The number of rotatable bonds is 6. The first-order chi connectivity index (χ1) is 19.2. The minimum Gasteiger partial charge on any atom is -0.506 e. The van der Waals surface area contributed by atoms with Gasteiger partial charge in [0.1, 0.15) is 11.5 Å². The minimum atomic E-state index is -0.350. The minimum absolute atomic E-state index is 0.0510. The molecule has 4 aromatic rings. The molecule has 4 N–H and O–H groups in total. The molecular weight excluding hydrogens is 780 g/mol. The third-order valence-corrected chi connectivity index (χ3v) is 6.86. The molecule has 4 rings (SSSR count). The Balaban J connectivity index is 0.000000220. The fourth-order valence-electron chi connectivity index (χ4n) is 2.83. The lowest BCUT2D eigenvalue weighted by Gasteiger charge is -2.03. The first-order valence-electron chi connectivity index (χ1n) is 11.0. The monoisotopic (exact) mass is 794 g/mol. The van der Waals surface area contributed by atoms with Crippen LogP contribution < -0.4 is 10.9 Å². The zero-order chi connectivity index (χ0) is 29.1. The summed E-state index contributed by atoms with van der Waals surface area (Å²) < 4.78 is 2.63. The number of hydrogen-bond acceptors (Lipinski definition) is 8. The number of carbonyl (C=O) groups excluding carboxylic acids is 2. The molecule has 0 aliphatic heterocycles. The highest BCUT2D eigenvalue weighted by molar-refractivity contribution is 9.11. The molecule has 0 saturated heterocycles. The second-order valence-corrected chi connectivity index (χ2v) is 11.1. The normalized spacial score (nSPS) is 10.7. The summed E-state index contributed by atoms with van der Waals surface area (Å²) >= 11 is 13.1. The van der Waals surface area contributed by atoms with E-state index in [1.165, 1.54) is 37.2 Å². The van der Waals surface area contributed by atoms with E-state index in [9.17, 15) is 19.8 Å². The molecule has 0 spiro atoms. The van der Waals surface area contributed by atoms with Gasteiger partial charge in [0.15, 0.2) is 0 Å². The fourth-order valence-corrected chi connectivity index (χ4v) is 5.34. The summed E-state index contributed by atoms with van der Waals surface area (Å²) in [5.41, 5.74) is 6.61. The average molecular weight is 798 g/mol. The van der Waals surface area contributed by atoms with E-state index in [0.717, 1.165) is 8.95 Å². The van der Waals surface area contributed by atoms with Crippen LogP contribution in [0.2, 0.25) is 0 Å². The van der Waals surface area contributed by atoms with Gasteiger partial charge in [-0.2, -0.15) is 10.2 Å². The van der Waals surface area contributed by atoms with E-state index in [1.54, 1.807) is 48.5 Å². The number of amides is 2. The van der Waals surface area contributed by atoms with Gasteiger partial charge in [-0.3, -0.25) is 19.6 Å². The van der Waals surface area contributed by atoms with E-state index < -0.39 is 0 Å². The van der Waals surface area contributed by atoms with Crippen LogP contribution in [0.5, 0.6) is 11.5 Å². The van der Waals surface area contributed by atoms with Crippen LogP contribution in [0.25, 0.3) is 0 Å². The van der Waals surface area contributed by atoms with E-state index in [-0.39, 0.29) is 23.3 Å². The first-order valence-corrected chi connectivity index (χ1v) is 14.2. The number of nitrogens with one attached hydrogen (secondary N) is 2. The van der Waals surface area contributed by atoms with Crippen molar-refractivity contribution in [2.75, 3.05) is 0 Å². The van der Waals surface area contributed by atoms with Crippen LogP contribution in [0.3, 0.4) is 0 Å². The van der Waals surface area contributed by atoms with Crippen molar-refractivity contribution in [3.8, 4) is 11.5 Å². The van der Waals surface area contributed by atoms with Crippen molar-refractivity contribution < 1.29 is 19.8 Å². The largest absolute Gasteiger partial charge is 0.506 e. The summed E-state index contributed by atoms with van der Waals surface area (Å²) in [6.45, 7) is 0. The van der Waals surface area contributed by atoms with Crippen molar-refractivity contribution in [2.24, 2.45) is 10.2 Å². The van der Waals surface area contributed by atoms with Crippen molar-refractivity contribution >= 4 is 88.0 Å². The van der Waals surface area contributed by atoms with Crippen molar-refractivity contribution in [1.29, 1.82) is 0 Å². The Kier molecular flexibility index (Phi) is 11.9. The number of pyridine rings is 2. The van der Waals surface area contributed by atoms with E-state index >= 15 is 0 Å². The molecule has 204 valence electrons. The smallest absolute Gasteiger partial charge is 0.271 e. The predicted molar refractivity (Wildman–Crippen MR) is 166 cm³/mol. The average Bonchev–Trinajstić information content (AvgIpc) is 2.95. The number of carbonyl (C=O) groups is 2. The van der Waals surface area contributed by atoms with Crippen molar-refractivity contribution in [3.63, 3.8) is 0 Å². The van der Waals surface area contributed by atoms with Gasteiger partial charge >= 0.3 is 0 Å². The molecule has 0 aliphatic rings. The Labute approximate surface area is 262 Å². The molecule has 0 unspecified atom stereocenters. The third kappa shape index (κ3) is 9.33. The number of hydrogen-bond donors (Lipinski definition) is 4. The van der Waals surface area contributed by atoms with Crippen LogP contribution in [0.15, 0.2) is 101 Å². The highest BCUT2D eigenvalue weighted by Gasteiger charge is 2.08. The van der Waals surface area contributed by atoms with Gasteiger partial charge in [0.2, 0.25) is 0 Å². The first kappa shape index (κ1) is 31.1. The maximum Gasteiger partial charge on any atom is 0.271 e. The maximum atomic E-state index is 11.7. The molecule has 0 fully saturated rings. The number of hydrazone groups is 2. The molecule has 2 aromatic carbocycles. The van der Waals surface area contributed by atoms with Crippen LogP contribution in [-0.4, -0.2) is 44.4 Å². The number of phenolic OH excluding ortho intramolecular Hbond substituents is 2. The fraction of sp³-hybridized carbons (Fsp3) is 0. The highest BCUT2D eigenvalue weighted by atomic mass is 79.9. The van der Waals surface area contributed by atoms with Gasteiger partial charge in [-0.15, -0.1) is 0 Å². The molecular formula is C26H18Br4N6O4. The third-order valence-electron chi connectivity index (χ3n) is 4.74. The number of halogens is 4. The van der Waals surface area contributed by atoms with Crippen LogP contribution in [0.4, 0.5) is 0 Å². The Hall–Kier alpha value is -3.46. The van der Waals surface area contributed by atoms with Gasteiger partial charge in [-0.1, -0.05) is 31.9 Å². The van der Waals surface area contributed by atoms with Crippen molar-refractivity contribution in [2.45, 2.75) is 0 Å². The number of aromatic hydroxyl groups is 2. The molecule has 0 atom stereocenters. The van der Waals surface area contributed by atoms with Gasteiger partial charge in [-0.25, -0.2) is 10.9 Å². The Morgan fingerprint density at radius 2 is 1.00 bits per heavy atom. The summed E-state index contributed by atoms with van der Waals surface area (Å²) in [5, 5.41) is 27.3. The Morgan fingerprint density at radius 3 is 1.35 bits per heavy atom. The lowest BCUT2D eigenvalue weighted by atomic mass is 10.2. The summed E-state index contributed by atoms with van der Waals surface area (Å²) in [4.78, 5) is 31.1. The second kappa shape index (κ2) is 15.4. The Morgan fingerprint density at radius 1 is 0.650 bits per heavy atom. The lowest BCUT2D eigenvalue weighted by molar-refractivity contribution is 0.0947. The molecule has 2 amide bonds. The number of nitrogens with zero attached hydrogens (tertiary/aromatic N) is 4. The van der Waals surface area contributed by atoms with Crippen molar-refractivity contribution in [1.82, 2.24) is 20.8 Å².